The summed E-state index contributed by atoms with van der Waals surface area (Å²) in [6.07, 6.45) is -0.846. The van der Waals surface area contributed by atoms with Gasteiger partial charge in [-0.2, -0.15) is 4.74 Å². The third-order valence-electron chi connectivity index (χ3n) is 5.29. The summed E-state index contributed by atoms with van der Waals surface area (Å²) < 4.78 is 10.5. The maximum atomic E-state index is 12.7. The molecule has 0 bridgehead atoms. The molecule has 3 aromatic carbocycles. The van der Waals surface area contributed by atoms with Crippen molar-refractivity contribution < 1.29 is 9.53 Å². The van der Waals surface area contributed by atoms with Gasteiger partial charge >= 0.3 is 6.09 Å². The van der Waals surface area contributed by atoms with E-state index in [1.165, 1.54) is 0 Å². The molecule has 3 aromatic rings. The first kappa shape index (κ1) is 17.8. The molecule has 0 saturated carbocycles. The number of carbonyl (C=O) groups excluding carboxylic acids is 1. The van der Waals surface area contributed by atoms with E-state index in [-0.39, 0.29) is 6.10 Å². The Labute approximate surface area is 160 Å². The van der Waals surface area contributed by atoms with Gasteiger partial charge < -0.3 is 4.74 Å². The van der Waals surface area contributed by atoms with E-state index in [1.54, 1.807) is 0 Å². The van der Waals surface area contributed by atoms with Crippen molar-refractivity contribution in [2.45, 2.75) is 25.1 Å². The Balaban J connectivity index is 2.04. The SMILES string of the molecule is CC1(C)C(c2ccccc2)OC(=O)N=P1(c1ccccc1)c1ccccc1. The fourth-order valence-electron chi connectivity index (χ4n) is 4.01. The molecule has 0 aromatic heterocycles. The quantitative estimate of drug-likeness (QED) is 0.566. The highest BCUT2D eigenvalue weighted by atomic mass is 31.2. The zero-order valence-electron chi connectivity index (χ0n) is 15.4. The van der Waals surface area contributed by atoms with Crippen LogP contribution in [0.25, 0.3) is 0 Å². The van der Waals surface area contributed by atoms with Gasteiger partial charge in [0.1, 0.15) is 6.10 Å². The van der Waals surface area contributed by atoms with E-state index >= 15 is 0 Å². The number of benzene rings is 3. The van der Waals surface area contributed by atoms with Gasteiger partial charge in [-0.15, -0.1) is 0 Å². The van der Waals surface area contributed by atoms with Crippen LogP contribution in [0.5, 0.6) is 0 Å². The zero-order valence-corrected chi connectivity index (χ0v) is 16.3. The van der Waals surface area contributed by atoms with Crippen molar-refractivity contribution in [3.8, 4) is 0 Å². The van der Waals surface area contributed by atoms with Crippen LogP contribution >= 0.6 is 7.05 Å². The minimum atomic E-state index is -2.43. The molecule has 0 N–H and O–H groups in total. The van der Waals surface area contributed by atoms with Gasteiger partial charge in [0.25, 0.3) is 0 Å². The standard InChI is InChI=1S/C23H22NO2P/c1-23(2)21(18-12-6-3-7-13-18)26-22(25)24-27(23,19-14-8-4-9-15-19)20-16-10-5-11-17-20/h3-17,21H,1-2H3. The number of cyclic esters (lactones) is 1. The Morgan fingerprint density at radius 1 is 0.778 bits per heavy atom. The van der Waals surface area contributed by atoms with Crippen molar-refractivity contribution in [3.05, 3.63) is 96.6 Å². The van der Waals surface area contributed by atoms with Gasteiger partial charge in [0.15, 0.2) is 0 Å². The summed E-state index contributed by atoms with van der Waals surface area (Å²) in [6.45, 7) is 4.35. The lowest BCUT2D eigenvalue weighted by Crippen LogP contribution is -2.43. The van der Waals surface area contributed by atoms with Crippen LogP contribution in [0.4, 0.5) is 4.79 Å². The number of carbonyl (C=O) groups is 1. The smallest absolute Gasteiger partial charge is 0.433 e. The average Bonchev–Trinajstić information content (AvgIpc) is 2.71. The van der Waals surface area contributed by atoms with E-state index in [0.29, 0.717) is 0 Å². The van der Waals surface area contributed by atoms with Gasteiger partial charge in [-0.25, -0.2) is 4.79 Å². The van der Waals surface area contributed by atoms with Crippen molar-refractivity contribution in [3.63, 3.8) is 0 Å². The summed E-state index contributed by atoms with van der Waals surface area (Å²) in [5.41, 5.74) is 1.00. The minimum Gasteiger partial charge on any atom is -0.439 e. The van der Waals surface area contributed by atoms with Crippen molar-refractivity contribution >= 4 is 23.8 Å². The van der Waals surface area contributed by atoms with Crippen LogP contribution in [-0.2, 0) is 4.74 Å². The highest BCUT2D eigenvalue weighted by molar-refractivity contribution is 7.82. The lowest BCUT2D eigenvalue weighted by atomic mass is 9.98. The highest BCUT2D eigenvalue weighted by Gasteiger charge is 2.52. The molecule has 0 saturated heterocycles. The maximum Gasteiger partial charge on any atom is 0.433 e. The van der Waals surface area contributed by atoms with Gasteiger partial charge in [-0.1, -0.05) is 105 Å². The Hall–Kier alpha value is -2.64. The molecule has 3 nitrogen and oxygen atoms in total. The second-order valence-electron chi connectivity index (χ2n) is 7.23. The summed E-state index contributed by atoms with van der Waals surface area (Å²) in [6, 6.07) is 30.4. The van der Waals surface area contributed by atoms with Crippen molar-refractivity contribution in [2.75, 3.05) is 0 Å². The molecule has 0 aliphatic carbocycles. The molecule has 4 heteroatoms. The van der Waals surface area contributed by atoms with Gasteiger partial charge in [0.2, 0.25) is 0 Å². The van der Waals surface area contributed by atoms with E-state index < -0.39 is 18.3 Å². The number of nitrogens with zero attached hydrogens (tertiary/aromatic N) is 1. The second kappa shape index (κ2) is 6.83. The fourth-order valence-corrected chi connectivity index (χ4v) is 8.17. The minimum absolute atomic E-state index is 0.363. The predicted molar refractivity (Wildman–Crippen MR) is 111 cm³/mol. The molecule has 0 fully saturated rings. The van der Waals surface area contributed by atoms with Crippen LogP contribution in [0.15, 0.2) is 95.7 Å². The third-order valence-corrected chi connectivity index (χ3v) is 9.74. The lowest BCUT2D eigenvalue weighted by molar-refractivity contribution is 0.0826. The van der Waals surface area contributed by atoms with Crippen molar-refractivity contribution in [2.24, 2.45) is 4.74 Å². The number of ether oxygens (including phenoxy) is 1. The molecule has 0 spiro atoms. The molecule has 1 aliphatic rings. The summed E-state index contributed by atoms with van der Waals surface area (Å²) >= 11 is 0. The topological polar surface area (TPSA) is 38.7 Å². The largest absolute Gasteiger partial charge is 0.439 e. The van der Waals surface area contributed by atoms with Crippen LogP contribution in [0, 0.1) is 0 Å². The first-order valence-electron chi connectivity index (χ1n) is 9.05. The second-order valence-corrected chi connectivity index (χ2v) is 10.9. The van der Waals surface area contributed by atoms with Gasteiger partial charge in [-0.3, -0.25) is 0 Å². The van der Waals surface area contributed by atoms with E-state index in [1.807, 2.05) is 66.7 Å². The highest BCUT2D eigenvalue weighted by Crippen LogP contribution is 2.66. The Bertz CT molecular complexity index is 955. The van der Waals surface area contributed by atoms with Crippen molar-refractivity contribution in [1.29, 1.82) is 0 Å². The molecule has 1 amide bonds. The van der Waals surface area contributed by atoms with E-state index in [4.69, 9.17) is 9.48 Å². The summed E-state index contributed by atoms with van der Waals surface area (Å²) in [5, 5.41) is 1.79. The lowest BCUT2D eigenvalue weighted by Gasteiger charge is -2.47. The van der Waals surface area contributed by atoms with Gasteiger partial charge in [-0.05, 0) is 16.2 Å². The molecular formula is C23H22NO2P. The van der Waals surface area contributed by atoms with Crippen LogP contribution in [0.1, 0.15) is 25.5 Å². The summed E-state index contributed by atoms with van der Waals surface area (Å²) in [4.78, 5) is 12.7. The Morgan fingerprint density at radius 3 is 1.70 bits per heavy atom. The Morgan fingerprint density at radius 2 is 1.22 bits per heavy atom. The molecule has 1 heterocycles. The predicted octanol–water partition coefficient (Wildman–Crippen LogP) is 5.51. The normalized spacial score (nSPS) is 20.4. The van der Waals surface area contributed by atoms with Crippen LogP contribution in [0.3, 0.4) is 0 Å². The van der Waals surface area contributed by atoms with E-state index in [9.17, 15) is 4.79 Å². The molecule has 27 heavy (non-hydrogen) atoms. The number of rotatable bonds is 3. The molecule has 1 atom stereocenters. The van der Waals surface area contributed by atoms with Crippen molar-refractivity contribution in [1.82, 2.24) is 0 Å². The van der Waals surface area contributed by atoms with Crippen LogP contribution in [-0.4, -0.2) is 11.2 Å². The van der Waals surface area contributed by atoms with Crippen LogP contribution in [0.2, 0.25) is 0 Å². The monoisotopic (exact) mass is 375 g/mol. The van der Waals surface area contributed by atoms with Gasteiger partial charge in [0.05, 0.1) is 7.05 Å². The summed E-state index contributed by atoms with van der Waals surface area (Å²) in [5.74, 6) is 0. The number of hydrogen-bond acceptors (Lipinski definition) is 2. The first-order valence-corrected chi connectivity index (χ1v) is 10.8. The molecule has 4 rings (SSSR count). The molecular weight excluding hydrogens is 353 g/mol. The third kappa shape index (κ3) is 2.83. The maximum absolute atomic E-state index is 12.7. The molecule has 1 aliphatic heterocycles. The zero-order chi connectivity index (χ0) is 18.9. The molecule has 136 valence electrons. The average molecular weight is 375 g/mol. The molecule has 1 unspecified atom stereocenters. The first-order chi connectivity index (χ1) is 13.1. The number of amides is 1. The summed E-state index contributed by atoms with van der Waals surface area (Å²) in [7, 11) is -2.43. The fraction of sp³-hybridized carbons (Fsp3) is 0.174. The van der Waals surface area contributed by atoms with Crippen LogP contribution < -0.4 is 10.6 Å². The van der Waals surface area contributed by atoms with Gasteiger partial charge in [0, 0.05) is 5.16 Å². The van der Waals surface area contributed by atoms with E-state index in [2.05, 4.69) is 38.1 Å². The number of hydrogen-bond donors (Lipinski definition) is 0. The Kier molecular flexibility index (Phi) is 4.49. The molecule has 0 radical (unpaired) electrons. The van der Waals surface area contributed by atoms with E-state index in [0.717, 1.165) is 16.2 Å².